The predicted molar refractivity (Wildman–Crippen MR) is 134 cm³/mol. The molecule has 5 rings (SSSR count). The molecule has 1 heterocycles. The molecule has 6 heteroatoms. The molecule has 0 fully saturated rings. The number of ether oxygens (including phenoxy) is 1. The van der Waals surface area contributed by atoms with Gasteiger partial charge in [0.2, 0.25) is 0 Å². The van der Waals surface area contributed by atoms with Crippen LogP contribution in [-0.4, -0.2) is 23.8 Å². The third-order valence-corrected chi connectivity index (χ3v) is 6.25. The van der Waals surface area contributed by atoms with Crippen LogP contribution in [0.25, 0.3) is 16.3 Å². The van der Waals surface area contributed by atoms with Crippen molar-refractivity contribution in [1.29, 1.82) is 0 Å². The number of rotatable bonds is 6. The highest BCUT2D eigenvalue weighted by atomic mass is 35.5. The van der Waals surface area contributed by atoms with E-state index >= 15 is 0 Å². The van der Waals surface area contributed by atoms with E-state index < -0.39 is 11.8 Å². The number of fused-ring (bicyclic) bond motifs is 1. The molecule has 0 saturated carbocycles. The van der Waals surface area contributed by atoms with Gasteiger partial charge in [-0.25, -0.2) is 0 Å². The van der Waals surface area contributed by atoms with Gasteiger partial charge in [0.25, 0.3) is 11.8 Å². The largest absolute Gasteiger partial charge is 0.496 e. The molecule has 4 aromatic rings. The Labute approximate surface area is 202 Å². The summed E-state index contributed by atoms with van der Waals surface area (Å²) in [6.45, 7) is 0.0662. The van der Waals surface area contributed by atoms with Crippen LogP contribution < -0.4 is 10.1 Å². The minimum Gasteiger partial charge on any atom is -0.496 e. The third kappa shape index (κ3) is 3.80. The maximum Gasteiger partial charge on any atom is 0.278 e. The lowest BCUT2D eigenvalue weighted by Gasteiger charge is -2.16. The molecule has 0 aromatic heterocycles. The van der Waals surface area contributed by atoms with Gasteiger partial charge in [-0.2, -0.15) is 0 Å². The Balaban J connectivity index is 1.63. The molecule has 0 bridgehead atoms. The van der Waals surface area contributed by atoms with Crippen LogP contribution in [0.5, 0.6) is 5.75 Å². The number of para-hydroxylation sites is 1. The van der Waals surface area contributed by atoms with Crippen molar-refractivity contribution in [2.24, 2.45) is 0 Å². The number of nitrogens with one attached hydrogen (secondary N) is 1. The van der Waals surface area contributed by atoms with Crippen molar-refractivity contribution in [3.05, 3.63) is 113 Å². The Morgan fingerprint density at radius 2 is 1.53 bits per heavy atom. The van der Waals surface area contributed by atoms with Gasteiger partial charge in [-0.05, 0) is 29.1 Å². The molecule has 0 atom stereocenters. The van der Waals surface area contributed by atoms with Gasteiger partial charge in [-0.3, -0.25) is 14.5 Å². The number of halogens is 1. The van der Waals surface area contributed by atoms with Crippen LogP contribution in [0.15, 0.2) is 96.7 Å². The Morgan fingerprint density at radius 3 is 2.35 bits per heavy atom. The minimum atomic E-state index is -0.418. The Hall–Kier alpha value is -4.09. The summed E-state index contributed by atoms with van der Waals surface area (Å²) < 4.78 is 5.52. The highest BCUT2D eigenvalue weighted by Crippen LogP contribution is 2.37. The Kier molecular flexibility index (Phi) is 5.78. The van der Waals surface area contributed by atoms with Crippen LogP contribution in [0.2, 0.25) is 5.02 Å². The van der Waals surface area contributed by atoms with Crippen molar-refractivity contribution in [1.82, 2.24) is 4.90 Å². The summed E-state index contributed by atoms with van der Waals surface area (Å²) in [5.41, 5.74) is 2.45. The summed E-state index contributed by atoms with van der Waals surface area (Å²) in [4.78, 5) is 28.5. The molecule has 2 amide bonds. The van der Waals surface area contributed by atoms with Gasteiger partial charge in [0.15, 0.2) is 0 Å². The first-order chi connectivity index (χ1) is 16.6. The number of benzene rings is 4. The maximum atomic E-state index is 13.7. The van der Waals surface area contributed by atoms with Crippen molar-refractivity contribution in [3.63, 3.8) is 0 Å². The van der Waals surface area contributed by atoms with Crippen molar-refractivity contribution in [3.8, 4) is 5.75 Å². The van der Waals surface area contributed by atoms with Crippen LogP contribution in [0, 0.1) is 0 Å². The number of amides is 2. The molecule has 4 aromatic carbocycles. The van der Waals surface area contributed by atoms with E-state index in [4.69, 9.17) is 16.3 Å². The van der Waals surface area contributed by atoms with Crippen LogP contribution in [0.4, 0.5) is 5.69 Å². The van der Waals surface area contributed by atoms with Crippen LogP contribution in [-0.2, 0) is 16.1 Å². The molecular formula is C28H21ClN2O3. The molecule has 34 heavy (non-hydrogen) atoms. The van der Waals surface area contributed by atoms with Gasteiger partial charge < -0.3 is 10.1 Å². The Bertz CT molecular complexity index is 1460. The zero-order chi connectivity index (χ0) is 23.7. The molecule has 1 aliphatic heterocycles. The molecule has 0 radical (unpaired) electrons. The van der Waals surface area contributed by atoms with E-state index in [9.17, 15) is 9.59 Å². The topological polar surface area (TPSA) is 58.6 Å². The van der Waals surface area contributed by atoms with Gasteiger partial charge in [-0.15, -0.1) is 0 Å². The molecule has 0 unspecified atom stereocenters. The molecule has 1 N–H and O–H groups in total. The average Bonchev–Trinajstić information content (AvgIpc) is 3.09. The van der Waals surface area contributed by atoms with E-state index in [2.05, 4.69) is 5.32 Å². The summed E-state index contributed by atoms with van der Waals surface area (Å²) in [6.07, 6.45) is 0. The van der Waals surface area contributed by atoms with Crippen molar-refractivity contribution in [2.75, 3.05) is 12.4 Å². The van der Waals surface area contributed by atoms with Gasteiger partial charge in [-0.1, -0.05) is 84.4 Å². The first kappa shape index (κ1) is 21.7. The van der Waals surface area contributed by atoms with E-state index in [1.807, 2.05) is 72.8 Å². The number of imide groups is 1. The lowest BCUT2D eigenvalue weighted by Crippen LogP contribution is -2.32. The SMILES string of the molecule is COc1ccccc1C1=C(Nc2cccc3ccccc23)C(=O)N(Cc2ccccc2Cl)C1=O. The maximum absolute atomic E-state index is 13.7. The molecule has 0 aliphatic carbocycles. The summed E-state index contributed by atoms with van der Waals surface area (Å²) in [5.74, 6) is -0.314. The highest BCUT2D eigenvalue weighted by Gasteiger charge is 2.40. The fourth-order valence-electron chi connectivity index (χ4n) is 4.20. The highest BCUT2D eigenvalue weighted by molar-refractivity contribution is 6.37. The van der Waals surface area contributed by atoms with Gasteiger partial charge in [0.1, 0.15) is 11.4 Å². The van der Waals surface area contributed by atoms with E-state index in [1.165, 1.54) is 4.90 Å². The standard InChI is InChI=1S/C28H21ClN2O3/c1-34-24-16-7-5-13-21(24)25-26(30-23-15-8-11-18-9-2-4-12-20(18)23)28(33)31(27(25)32)17-19-10-3-6-14-22(19)29/h2-16,30H,17H2,1H3. The lowest BCUT2D eigenvalue weighted by atomic mass is 10.0. The fourth-order valence-corrected chi connectivity index (χ4v) is 4.40. The molecule has 1 aliphatic rings. The number of methoxy groups -OCH3 is 1. The zero-order valence-electron chi connectivity index (χ0n) is 18.4. The van der Waals surface area contributed by atoms with Gasteiger partial charge in [0, 0.05) is 21.7 Å². The minimum absolute atomic E-state index is 0.0662. The van der Waals surface area contributed by atoms with E-state index in [0.29, 0.717) is 21.9 Å². The smallest absolute Gasteiger partial charge is 0.278 e. The number of carbonyl (C=O) groups is 2. The normalized spacial score (nSPS) is 13.6. The van der Waals surface area contributed by atoms with E-state index in [0.717, 1.165) is 16.5 Å². The van der Waals surface area contributed by atoms with E-state index in [1.54, 1.807) is 25.3 Å². The number of hydrogen-bond acceptors (Lipinski definition) is 4. The van der Waals surface area contributed by atoms with Gasteiger partial charge >= 0.3 is 0 Å². The van der Waals surface area contributed by atoms with E-state index in [-0.39, 0.29) is 17.8 Å². The van der Waals surface area contributed by atoms with Crippen LogP contribution >= 0.6 is 11.6 Å². The summed E-state index contributed by atoms with van der Waals surface area (Å²) in [6, 6.07) is 28.1. The Morgan fingerprint density at radius 1 is 0.824 bits per heavy atom. The summed E-state index contributed by atoms with van der Waals surface area (Å²) in [7, 11) is 1.54. The van der Waals surface area contributed by atoms with Crippen LogP contribution in [0.1, 0.15) is 11.1 Å². The quantitative estimate of drug-likeness (QED) is 0.358. The molecule has 0 saturated heterocycles. The zero-order valence-corrected chi connectivity index (χ0v) is 19.2. The number of carbonyl (C=O) groups excluding carboxylic acids is 2. The number of nitrogens with zero attached hydrogens (tertiary/aromatic N) is 1. The van der Waals surface area contributed by atoms with Crippen LogP contribution in [0.3, 0.4) is 0 Å². The monoisotopic (exact) mass is 468 g/mol. The number of hydrogen-bond donors (Lipinski definition) is 1. The summed E-state index contributed by atoms with van der Waals surface area (Å²) in [5, 5.41) is 5.74. The van der Waals surface area contributed by atoms with Crippen molar-refractivity contribution >= 4 is 45.4 Å². The average molecular weight is 469 g/mol. The summed E-state index contributed by atoms with van der Waals surface area (Å²) >= 11 is 6.33. The molecule has 168 valence electrons. The van der Waals surface area contributed by atoms with Crippen molar-refractivity contribution in [2.45, 2.75) is 6.54 Å². The second-order valence-corrected chi connectivity index (χ2v) is 8.30. The first-order valence-corrected chi connectivity index (χ1v) is 11.2. The third-order valence-electron chi connectivity index (χ3n) is 5.88. The second-order valence-electron chi connectivity index (χ2n) is 7.89. The van der Waals surface area contributed by atoms with Gasteiger partial charge in [0.05, 0.1) is 19.2 Å². The molecular weight excluding hydrogens is 448 g/mol. The fraction of sp³-hybridized carbons (Fsp3) is 0.0714. The second kappa shape index (κ2) is 9.04. The lowest BCUT2D eigenvalue weighted by molar-refractivity contribution is -0.137. The number of anilines is 1. The molecule has 5 nitrogen and oxygen atoms in total. The van der Waals surface area contributed by atoms with Crippen molar-refractivity contribution < 1.29 is 14.3 Å². The first-order valence-electron chi connectivity index (χ1n) is 10.8. The predicted octanol–water partition coefficient (Wildman–Crippen LogP) is 5.89. The molecule has 0 spiro atoms.